The largest absolute Gasteiger partial charge is 0.497 e. The van der Waals surface area contributed by atoms with Crippen LogP contribution in [0.4, 0.5) is 0 Å². The molecule has 0 unspecified atom stereocenters. The average molecular weight is 267 g/mol. The number of methoxy groups -OCH3 is 1. The molecule has 0 heterocycles. The molecule has 98 valence electrons. The number of hydrogen-bond donors (Lipinski definition) is 0. The third-order valence-corrected chi connectivity index (χ3v) is 3.50. The molecule has 0 aromatic heterocycles. The fourth-order valence-corrected chi connectivity index (χ4v) is 2.08. The van der Waals surface area contributed by atoms with Crippen LogP contribution in [-0.4, -0.2) is 21.7 Å². The summed E-state index contributed by atoms with van der Waals surface area (Å²) in [5.74, 6) is 0.612. The minimum atomic E-state index is -3.61. The Hall–Kier alpha value is -1.62. The lowest BCUT2D eigenvalue weighted by atomic mass is 10.3. The highest BCUT2D eigenvalue weighted by Crippen LogP contribution is 2.16. The van der Waals surface area contributed by atoms with Crippen LogP contribution in [0.3, 0.4) is 0 Å². The Kier molecular flexibility index (Phi) is 5.58. The van der Waals surface area contributed by atoms with Gasteiger partial charge in [-0.1, -0.05) is 19.4 Å². The molecule has 1 rings (SSSR count). The molecule has 0 bridgehead atoms. The Labute approximate surface area is 108 Å². The number of benzene rings is 1. The molecule has 4 nitrogen and oxygen atoms in total. The van der Waals surface area contributed by atoms with E-state index in [0.29, 0.717) is 5.75 Å². The molecular weight excluding hydrogens is 250 g/mol. The van der Waals surface area contributed by atoms with Gasteiger partial charge in [-0.05, 0) is 36.8 Å². The molecule has 0 aliphatic heterocycles. The van der Waals surface area contributed by atoms with Gasteiger partial charge in [-0.2, -0.15) is 12.8 Å². The quantitative estimate of drug-likeness (QED) is 0.745. The maximum absolute atomic E-state index is 11.8. The number of hydrogen-bond acceptors (Lipinski definition) is 3. The van der Waals surface area contributed by atoms with E-state index in [1.165, 1.54) is 25.5 Å². The number of sulfonamides is 1. The van der Waals surface area contributed by atoms with E-state index in [0.717, 1.165) is 12.8 Å². The van der Waals surface area contributed by atoms with Gasteiger partial charge in [0.15, 0.2) is 0 Å². The molecule has 5 heteroatoms. The lowest BCUT2D eigenvalue weighted by Gasteiger charge is -2.00. The number of allylic oxidation sites excluding steroid dienone is 2. The van der Waals surface area contributed by atoms with E-state index in [2.05, 4.69) is 11.3 Å². The molecule has 0 fully saturated rings. The predicted molar refractivity (Wildman–Crippen MR) is 72.7 cm³/mol. The molecule has 1 aromatic rings. The summed E-state index contributed by atoms with van der Waals surface area (Å²) < 4.78 is 32.1. The summed E-state index contributed by atoms with van der Waals surface area (Å²) in [6.45, 7) is 2.05. The first-order chi connectivity index (χ1) is 8.60. The molecule has 0 aliphatic carbocycles. The first-order valence-electron chi connectivity index (χ1n) is 5.69. The monoisotopic (exact) mass is 267 g/mol. The van der Waals surface area contributed by atoms with E-state index in [1.54, 1.807) is 18.2 Å². The molecular formula is C13H17NO3S. The minimum Gasteiger partial charge on any atom is -0.497 e. The van der Waals surface area contributed by atoms with Crippen molar-refractivity contribution >= 4 is 16.2 Å². The maximum Gasteiger partial charge on any atom is 0.282 e. The zero-order valence-corrected chi connectivity index (χ0v) is 11.4. The molecule has 0 spiro atoms. The van der Waals surface area contributed by atoms with Crippen molar-refractivity contribution in [3.8, 4) is 5.75 Å². The van der Waals surface area contributed by atoms with Crippen molar-refractivity contribution < 1.29 is 13.2 Å². The highest BCUT2D eigenvalue weighted by atomic mass is 32.2. The fourth-order valence-electron chi connectivity index (χ4n) is 1.25. The Morgan fingerprint density at radius 1 is 1.28 bits per heavy atom. The summed E-state index contributed by atoms with van der Waals surface area (Å²) in [5, 5.41) is 0. The maximum atomic E-state index is 11.8. The van der Waals surface area contributed by atoms with Gasteiger partial charge >= 0.3 is 0 Å². The van der Waals surface area contributed by atoms with Crippen LogP contribution in [0.15, 0.2) is 45.7 Å². The van der Waals surface area contributed by atoms with Crippen LogP contribution in [0.1, 0.15) is 19.8 Å². The first kappa shape index (κ1) is 14.4. The minimum absolute atomic E-state index is 0.156. The smallest absolute Gasteiger partial charge is 0.282 e. The summed E-state index contributed by atoms with van der Waals surface area (Å²) in [7, 11) is -2.08. The van der Waals surface area contributed by atoms with Crippen molar-refractivity contribution in [3.63, 3.8) is 0 Å². The second kappa shape index (κ2) is 6.96. The number of ether oxygens (including phenoxy) is 1. The van der Waals surface area contributed by atoms with Gasteiger partial charge in [0.1, 0.15) is 5.75 Å². The zero-order chi connectivity index (χ0) is 13.4. The van der Waals surface area contributed by atoms with Crippen LogP contribution < -0.4 is 4.74 Å². The van der Waals surface area contributed by atoms with Crippen LogP contribution in [0.25, 0.3) is 0 Å². The standard InChI is InChI=1S/C13H17NO3S/c1-3-4-5-6-11-14-18(15,16)13-9-7-12(17-2)8-10-13/h5-11H,3-4H2,1-2H3. The Morgan fingerprint density at radius 3 is 2.50 bits per heavy atom. The van der Waals surface area contributed by atoms with Crippen LogP contribution in [-0.2, 0) is 10.0 Å². The fraction of sp³-hybridized carbons (Fsp3) is 0.308. The third-order valence-electron chi connectivity index (χ3n) is 2.23. The van der Waals surface area contributed by atoms with Crippen LogP contribution in [0.2, 0.25) is 0 Å². The number of unbranched alkanes of at least 4 members (excludes halogenated alkanes) is 1. The Morgan fingerprint density at radius 2 is 1.94 bits per heavy atom. The van der Waals surface area contributed by atoms with Gasteiger partial charge in [0, 0.05) is 6.21 Å². The first-order valence-corrected chi connectivity index (χ1v) is 7.13. The Balaban J connectivity index is 2.79. The van der Waals surface area contributed by atoms with E-state index in [-0.39, 0.29) is 4.90 Å². The van der Waals surface area contributed by atoms with E-state index >= 15 is 0 Å². The van der Waals surface area contributed by atoms with E-state index in [1.807, 2.05) is 6.08 Å². The van der Waals surface area contributed by atoms with Crippen molar-refractivity contribution in [2.45, 2.75) is 24.7 Å². The summed E-state index contributed by atoms with van der Waals surface area (Å²) in [6, 6.07) is 6.13. The normalized spacial score (nSPS) is 12.3. The van der Waals surface area contributed by atoms with Gasteiger partial charge in [-0.3, -0.25) is 0 Å². The van der Waals surface area contributed by atoms with Gasteiger partial charge < -0.3 is 4.74 Å². The SMILES string of the molecule is CCCC=CC=NS(=O)(=O)c1ccc(OC)cc1. The van der Waals surface area contributed by atoms with E-state index in [4.69, 9.17) is 4.74 Å². The summed E-state index contributed by atoms with van der Waals surface area (Å²) in [6.07, 6.45) is 6.76. The average Bonchev–Trinajstić information content (AvgIpc) is 2.38. The Bertz CT molecular complexity index is 516. The number of rotatable bonds is 6. The second-order valence-corrected chi connectivity index (χ2v) is 5.25. The second-order valence-electron chi connectivity index (χ2n) is 3.62. The summed E-state index contributed by atoms with van der Waals surface area (Å²) >= 11 is 0. The van der Waals surface area contributed by atoms with Crippen molar-refractivity contribution in [2.24, 2.45) is 4.40 Å². The molecule has 1 aromatic carbocycles. The van der Waals surface area contributed by atoms with Gasteiger partial charge in [-0.25, -0.2) is 0 Å². The van der Waals surface area contributed by atoms with Crippen LogP contribution >= 0.6 is 0 Å². The molecule has 0 radical (unpaired) electrons. The summed E-state index contributed by atoms with van der Waals surface area (Å²) in [4.78, 5) is 0.156. The number of nitrogens with zero attached hydrogens (tertiary/aromatic N) is 1. The van der Waals surface area contributed by atoms with Crippen molar-refractivity contribution in [1.82, 2.24) is 0 Å². The van der Waals surface area contributed by atoms with Gasteiger partial charge in [0.2, 0.25) is 0 Å². The van der Waals surface area contributed by atoms with Crippen molar-refractivity contribution in [3.05, 3.63) is 36.4 Å². The van der Waals surface area contributed by atoms with Gasteiger partial charge in [-0.15, -0.1) is 0 Å². The van der Waals surface area contributed by atoms with Crippen LogP contribution in [0.5, 0.6) is 5.75 Å². The molecule has 18 heavy (non-hydrogen) atoms. The molecule has 0 atom stereocenters. The third kappa shape index (κ3) is 4.33. The van der Waals surface area contributed by atoms with Crippen molar-refractivity contribution in [2.75, 3.05) is 7.11 Å². The van der Waals surface area contributed by atoms with E-state index in [9.17, 15) is 8.42 Å². The van der Waals surface area contributed by atoms with Crippen LogP contribution in [0, 0.1) is 0 Å². The van der Waals surface area contributed by atoms with Gasteiger partial charge in [0.05, 0.1) is 12.0 Å². The molecule has 0 saturated carbocycles. The highest BCUT2D eigenvalue weighted by Gasteiger charge is 2.10. The zero-order valence-electron chi connectivity index (χ0n) is 10.5. The molecule has 0 N–H and O–H groups in total. The topological polar surface area (TPSA) is 55.7 Å². The van der Waals surface area contributed by atoms with E-state index < -0.39 is 10.0 Å². The van der Waals surface area contributed by atoms with Crippen molar-refractivity contribution in [1.29, 1.82) is 0 Å². The summed E-state index contributed by atoms with van der Waals surface area (Å²) in [5.41, 5.74) is 0. The lowest BCUT2D eigenvalue weighted by molar-refractivity contribution is 0.414. The molecule has 0 amide bonds. The highest BCUT2D eigenvalue weighted by molar-refractivity contribution is 7.90. The molecule has 0 saturated heterocycles. The lowest BCUT2D eigenvalue weighted by Crippen LogP contribution is -1.96. The molecule has 0 aliphatic rings. The van der Waals surface area contributed by atoms with Gasteiger partial charge in [0.25, 0.3) is 10.0 Å². The predicted octanol–water partition coefficient (Wildman–Crippen LogP) is 2.81.